The summed E-state index contributed by atoms with van der Waals surface area (Å²) in [5, 5.41) is 3.31. The van der Waals surface area contributed by atoms with Crippen molar-refractivity contribution in [1.29, 1.82) is 0 Å². The van der Waals surface area contributed by atoms with E-state index >= 15 is 0 Å². The molecule has 2 rings (SSSR count). The number of hydrogen-bond donors (Lipinski definition) is 1. The van der Waals surface area contributed by atoms with Gasteiger partial charge in [-0.15, -0.1) is 0 Å². The van der Waals surface area contributed by atoms with Gasteiger partial charge in [0.15, 0.2) is 0 Å². The number of ether oxygens (including phenoxy) is 1. The maximum absolute atomic E-state index is 5.77. The molecule has 2 bridgehead atoms. The van der Waals surface area contributed by atoms with Gasteiger partial charge in [0.1, 0.15) is 0 Å². The van der Waals surface area contributed by atoms with E-state index in [0.717, 1.165) is 5.92 Å². The summed E-state index contributed by atoms with van der Waals surface area (Å²) in [5.74, 6) is 0.777. The molecule has 2 nitrogen and oxygen atoms in total. The van der Waals surface area contributed by atoms with Crippen LogP contribution in [0.4, 0.5) is 0 Å². The Hall–Kier alpha value is -0.0800. The minimum atomic E-state index is 0.572. The molecule has 0 aliphatic carbocycles. The molecule has 2 heterocycles. The summed E-state index contributed by atoms with van der Waals surface area (Å²) in [5.41, 5.74) is 0. The highest BCUT2D eigenvalue weighted by Crippen LogP contribution is 2.40. The average molecular weight is 155 g/mol. The SMILES string of the molecule is CNC(C)C1CC2CCC1O2. The molecule has 0 saturated carbocycles. The molecule has 1 N–H and O–H groups in total. The lowest BCUT2D eigenvalue weighted by Gasteiger charge is -2.24. The van der Waals surface area contributed by atoms with Crippen LogP contribution >= 0.6 is 0 Å². The Morgan fingerprint density at radius 2 is 2.27 bits per heavy atom. The largest absolute Gasteiger partial charge is 0.375 e. The molecule has 2 heteroatoms. The van der Waals surface area contributed by atoms with E-state index in [2.05, 4.69) is 12.2 Å². The second kappa shape index (κ2) is 2.76. The van der Waals surface area contributed by atoms with Gasteiger partial charge in [-0.05, 0) is 33.2 Å². The van der Waals surface area contributed by atoms with Gasteiger partial charge in [-0.2, -0.15) is 0 Å². The Morgan fingerprint density at radius 1 is 1.45 bits per heavy atom. The van der Waals surface area contributed by atoms with Crippen LogP contribution < -0.4 is 5.32 Å². The number of rotatable bonds is 2. The minimum absolute atomic E-state index is 0.572. The lowest BCUT2D eigenvalue weighted by atomic mass is 9.84. The summed E-state index contributed by atoms with van der Waals surface area (Å²) in [6, 6.07) is 0.630. The Bertz CT molecular complexity index is 148. The Morgan fingerprint density at radius 3 is 2.73 bits per heavy atom. The van der Waals surface area contributed by atoms with Crippen molar-refractivity contribution >= 4 is 0 Å². The third-order valence-electron chi connectivity index (χ3n) is 3.25. The van der Waals surface area contributed by atoms with Crippen LogP contribution in [0.25, 0.3) is 0 Å². The fourth-order valence-corrected chi connectivity index (χ4v) is 2.42. The van der Waals surface area contributed by atoms with Gasteiger partial charge in [0.2, 0.25) is 0 Å². The topological polar surface area (TPSA) is 21.3 Å². The summed E-state index contributed by atoms with van der Waals surface area (Å²) >= 11 is 0. The maximum atomic E-state index is 5.77. The van der Waals surface area contributed by atoms with Crippen molar-refractivity contribution < 1.29 is 4.74 Å². The van der Waals surface area contributed by atoms with Gasteiger partial charge >= 0.3 is 0 Å². The fraction of sp³-hybridized carbons (Fsp3) is 1.00. The standard InChI is InChI=1S/C9H17NO/c1-6(10-2)8-5-7-3-4-9(8)11-7/h6-10H,3-5H2,1-2H3. The summed E-state index contributed by atoms with van der Waals surface area (Å²) in [6.07, 6.45) is 5.05. The zero-order chi connectivity index (χ0) is 7.84. The monoisotopic (exact) mass is 155 g/mol. The smallest absolute Gasteiger partial charge is 0.0623 e. The first-order chi connectivity index (χ1) is 5.31. The molecule has 2 aliphatic rings. The lowest BCUT2D eigenvalue weighted by Crippen LogP contribution is -2.36. The minimum Gasteiger partial charge on any atom is -0.375 e. The first kappa shape index (κ1) is 7.56. The first-order valence-corrected chi connectivity index (χ1v) is 4.64. The highest BCUT2D eigenvalue weighted by atomic mass is 16.5. The van der Waals surface area contributed by atoms with Gasteiger partial charge in [0.05, 0.1) is 12.2 Å². The first-order valence-electron chi connectivity index (χ1n) is 4.64. The molecule has 0 aromatic heterocycles. The van der Waals surface area contributed by atoms with Crippen LogP contribution in [0.5, 0.6) is 0 Å². The molecule has 4 atom stereocenters. The molecular weight excluding hydrogens is 138 g/mol. The van der Waals surface area contributed by atoms with E-state index in [1.165, 1.54) is 19.3 Å². The lowest BCUT2D eigenvalue weighted by molar-refractivity contribution is 0.0876. The van der Waals surface area contributed by atoms with Gasteiger partial charge in [-0.25, -0.2) is 0 Å². The highest BCUT2D eigenvalue weighted by Gasteiger charge is 2.42. The molecule has 2 saturated heterocycles. The second-order valence-corrected chi connectivity index (χ2v) is 3.85. The van der Waals surface area contributed by atoms with E-state index in [0.29, 0.717) is 18.2 Å². The Balaban J connectivity index is 1.96. The number of fused-ring (bicyclic) bond motifs is 2. The van der Waals surface area contributed by atoms with Crippen molar-refractivity contribution in [3.05, 3.63) is 0 Å². The summed E-state index contributed by atoms with van der Waals surface area (Å²) in [7, 11) is 2.04. The summed E-state index contributed by atoms with van der Waals surface area (Å²) < 4.78 is 5.77. The van der Waals surface area contributed by atoms with Crippen molar-refractivity contribution in [3.8, 4) is 0 Å². The zero-order valence-corrected chi connectivity index (χ0v) is 7.34. The van der Waals surface area contributed by atoms with Crippen molar-refractivity contribution in [1.82, 2.24) is 5.32 Å². The predicted molar refractivity (Wildman–Crippen MR) is 44.5 cm³/mol. The Kier molecular flexibility index (Phi) is 1.90. The fourth-order valence-electron chi connectivity index (χ4n) is 2.42. The van der Waals surface area contributed by atoms with Crippen LogP contribution in [0.3, 0.4) is 0 Å². The van der Waals surface area contributed by atoms with Gasteiger partial charge in [0, 0.05) is 12.0 Å². The van der Waals surface area contributed by atoms with Crippen LogP contribution in [0, 0.1) is 5.92 Å². The second-order valence-electron chi connectivity index (χ2n) is 3.85. The molecule has 64 valence electrons. The summed E-state index contributed by atoms with van der Waals surface area (Å²) in [6.45, 7) is 2.26. The molecule has 0 aromatic carbocycles. The molecule has 2 fully saturated rings. The molecule has 2 aliphatic heterocycles. The summed E-state index contributed by atoms with van der Waals surface area (Å²) in [4.78, 5) is 0. The van der Waals surface area contributed by atoms with Crippen molar-refractivity contribution in [3.63, 3.8) is 0 Å². The predicted octanol–water partition coefficient (Wildman–Crippen LogP) is 1.16. The van der Waals surface area contributed by atoms with Gasteiger partial charge in [0.25, 0.3) is 0 Å². The van der Waals surface area contributed by atoms with E-state index in [4.69, 9.17) is 4.74 Å². The van der Waals surface area contributed by atoms with Crippen LogP contribution in [-0.2, 0) is 4.74 Å². The molecular formula is C9H17NO. The third-order valence-corrected chi connectivity index (χ3v) is 3.25. The molecule has 0 spiro atoms. The molecule has 4 unspecified atom stereocenters. The van der Waals surface area contributed by atoms with E-state index < -0.39 is 0 Å². The average Bonchev–Trinajstić information content (AvgIpc) is 2.62. The molecule has 0 aromatic rings. The molecule has 0 radical (unpaired) electrons. The van der Waals surface area contributed by atoms with Crippen LogP contribution in [0.2, 0.25) is 0 Å². The number of hydrogen-bond acceptors (Lipinski definition) is 2. The zero-order valence-electron chi connectivity index (χ0n) is 7.34. The molecule has 11 heavy (non-hydrogen) atoms. The quantitative estimate of drug-likeness (QED) is 0.646. The van der Waals surface area contributed by atoms with Crippen LogP contribution in [-0.4, -0.2) is 25.3 Å². The van der Waals surface area contributed by atoms with Crippen LogP contribution in [0.15, 0.2) is 0 Å². The maximum Gasteiger partial charge on any atom is 0.0623 e. The van der Waals surface area contributed by atoms with E-state index in [-0.39, 0.29) is 0 Å². The van der Waals surface area contributed by atoms with Gasteiger partial charge in [-0.1, -0.05) is 0 Å². The molecule has 0 amide bonds. The van der Waals surface area contributed by atoms with Gasteiger partial charge < -0.3 is 10.1 Å². The normalized spacial score (nSPS) is 44.7. The Labute approximate surface area is 68.3 Å². The highest BCUT2D eigenvalue weighted by molar-refractivity contribution is 4.93. The van der Waals surface area contributed by atoms with Crippen molar-refractivity contribution in [2.45, 2.75) is 44.4 Å². The van der Waals surface area contributed by atoms with Gasteiger partial charge in [-0.3, -0.25) is 0 Å². The van der Waals surface area contributed by atoms with Crippen molar-refractivity contribution in [2.75, 3.05) is 7.05 Å². The van der Waals surface area contributed by atoms with Crippen LogP contribution in [0.1, 0.15) is 26.2 Å². The van der Waals surface area contributed by atoms with E-state index in [1.807, 2.05) is 7.05 Å². The third kappa shape index (κ3) is 1.18. The van der Waals surface area contributed by atoms with Crippen molar-refractivity contribution in [2.24, 2.45) is 5.92 Å². The van der Waals surface area contributed by atoms with E-state index in [9.17, 15) is 0 Å². The number of nitrogens with one attached hydrogen (secondary N) is 1. The van der Waals surface area contributed by atoms with E-state index in [1.54, 1.807) is 0 Å².